The number of halogens is 1. The maximum atomic E-state index is 14.0. The molecule has 0 aromatic heterocycles. The summed E-state index contributed by atoms with van der Waals surface area (Å²) in [5, 5.41) is 59.8. The standard InChI is InChI=1S/C27H33BrN2O8/c1-11(7-6-10-28)29-26(37)18-23(34)20(30(3)4)19-22(33)15-12(2)13-8-5-9-14(31)16(13)21(32)17(15)24(35)27(19,38)25(18)36/h5,8-9,11-12,15,19-20,22,31-33,36,38H,6-7,10H2,1-4H3,(H,29,37). The van der Waals surface area contributed by atoms with Crippen LogP contribution in [-0.2, 0) is 14.4 Å². The second kappa shape index (κ2) is 10.1. The van der Waals surface area contributed by atoms with E-state index in [0.29, 0.717) is 17.3 Å². The lowest BCUT2D eigenvalue weighted by Gasteiger charge is -2.53. The number of benzene rings is 1. The van der Waals surface area contributed by atoms with Crippen molar-refractivity contribution < 1.29 is 39.9 Å². The monoisotopic (exact) mass is 592 g/mol. The Hall–Kier alpha value is -2.73. The van der Waals surface area contributed by atoms with Crippen LogP contribution in [-0.4, -0.2) is 91.1 Å². The second-order valence-corrected chi connectivity index (χ2v) is 11.4. The number of rotatable bonds is 6. The lowest BCUT2D eigenvalue weighted by molar-refractivity contribution is -0.169. The number of hydrogen-bond acceptors (Lipinski definition) is 9. The van der Waals surface area contributed by atoms with Gasteiger partial charge in [0.15, 0.2) is 11.4 Å². The van der Waals surface area contributed by atoms with Gasteiger partial charge in [0.25, 0.3) is 5.91 Å². The smallest absolute Gasteiger partial charge is 0.258 e. The highest BCUT2D eigenvalue weighted by molar-refractivity contribution is 9.09. The summed E-state index contributed by atoms with van der Waals surface area (Å²) in [5.74, 6) is -8.19. The molecule has 7 atom stereocenters. The van der Waals surface area contributed by atoms with Crippen LogP contribution in [0.5, 0.6) is 5.75 Å². The highest BCUT2D eigenvalue weighted by Gasteiger charge is 2.68. The minimum atomic E-state index is -2.88. The fraction of sp³-hybridized carbons (Fsp3) is 0.519. The van der Waals surface area contributed by atoms with E-state index in [0.717, 1.165) is 6.42 Å². The number of phenols is 1. The summed E-state index contributed by atoms with van der Waals surface area (Å²) in [6.07, 6.45) is -0.274. The zero-order valence-corrected chi connectivity index (χ0v) is 23.2. The van der Waals surface area contributed by atoms with Gasteiger partial charge in [0.1, 0.15) is 22.8 Å². The Labute approximate surface area is 228 Å². The maximum Gasteiger partial charge on any atom is 0.258 e. The van der Waals surface area contributed by atoms with E-state index in [1.165, 1.54) is 25.1 Å². The molecule has 6 N–H and O–H groups in total. The second-order valence-electron chi connectivity index (χ2n) is 10.6. The quantitative estimate of drug-likeness (QED) is 0.213. The molecule has 0 saturated heterocycles. The number of carbonyl (C=O) groups is 3. The molecule has 11 heteroatoms. The van der Waals surface area contributed by atoms with Gasteiger partial charge in [-0.3, -0.25) is 19.3 Å². The summed E-state index contributed by atoms with van der Waals surface area (Å²) >= 11 is 3.32. The van der Waals surface area contributed by atoms with E-state index >= 15 is 0 Å². The third-order valence-electron chi connectivity index (χ3n) is 8.12. The van der Waals surface area contributed by atoms with E-state index in [1.807, 2.05) is 0 Å². The molecule has 1 amide bonds. The van der Waals surface area contributed by atoms with E-state index < -0.39 is 70.1 Å². The average Bonchev–Trinajstić information content (AvgIpc) is 2.84. The van der Waals surface area contributed by atoms with Crippen LogP contribution < -0.4 is 5.32 Å². The normalized spacial score (nSPS) is 31.6. The number of nitrogens with zero attached hydrogens (tertiary/aromatic N) is 1. The molecule has 1 fully saturated rings. The SMILES string of the molecule is CC(CCCBr)NC(=O)C1=C(O)C2(O)C(=O)C3=C(O)c4c(O)cccc4C(C)C3C(O)C2C(N(C)C)C1=O. The van der Waals surface area contributed by atoms with E-state index in [4.69, 9.17) is 0 Å². The molecule has 1 aromatic carbocycles. The van der Waals surface area contributed by atoms with Crippen molar-refractivity contribution in [3.8, 4) is 5.75 Å². The molecule has 1 saturated carbocycles. The van der Waals surface area contributed by atoms with Gasteiger partial charge in [-0.15, -0.1) is 0 Å². The van der Waals surface area contributed by atoms with Gasteiger partial charge in [-0.1, -0.05) is 35.0 Å². The number of fused-ring (bicyclic) bond motifs is 3. The van der Waals surface area contributed by atoms with Crippen LogP contribution >= 0.6 is 15.9 Å². The number of ketones is 2. The van der Waals surface area contributed by atoms with Gasteiger partial charge < -0.3 is 30.8 Å². The molecule has 3 aliphatic carbocycles. The molecule has 38 heavy (non-hydrogen) atoms. The molecule has 4 rings (SSSR count). The number of phenolic OH excluding ortho intramolecular Hbond substituents is 1. The average molecular weight is 593 g/mol. The van der Waals surface area contributed by atoms with E-state index in [1.54, 1.807) is 26.0 Å². The lowest BCUT2D eigenvalue weighted by atomic mass is 9.54. The Kier molecular flexibility index (Phi) is 7.52. The van der Waals surface area contributed by atoms with Crippen molar-refractivity contribution in [1.82, 2.24) is 10.2 Å². The number of aliphatic hydroxyl groups is 4. The molecule has 0 radical (unpaired) electrons. The Bertz CT molecular complexity index is 1260. The summed E-state index contributed by atoms with van der Waals surface area (Å²) in [6, 6.07) is 2.84. The third-order valence-corrected chi connectivity index (χ3v) is 8.68. The first kappa shape index (κ1) is 28.3. The van der Waals surface area contributed by atoms with Crippen LogP contribution in [0, 0.1) is 11.8 Å². The van der Waals surface area contributed by atoms with Crippen molar-refractivity contribution in [1.29, 1.82) is 0 Å². The van der Waals surface area contributed by atoms with Crippen LogP contribution in [0.2, 0.25) is 0 Å². The van der Waals surface area contributed by atoms with Gasteiger partial charge >= 0.3 is 0 Å². The number of aliphatic hydroxyl groups excluding tert-OH is 3. The fourth-order valence-electron chi connectivity index (χ4n) is 6.31. The van der Waals surface area contributed by atoms with E-state index in [2.05, 4.69) is 21.2 Å². The summed E-state index contributed by atoms with van der Waals surface area (Å²) < 4.78 is 0. The number of amides is 1. The number of alkyl halides is 1. The number of aromatic hydroxyl groups is 1. The predicted molar refractivity (Wildman–Crippen MR) is 142 cm³/mol. The van der Waals surface area contributed by atoms with Gasteiger partial charge in [-0.2, -0.15) is 0 Å². The maximum absolute atomic E-state index is 14.0. The van der Waals surface area contributed by atoms with Gasteiger partial charge in [0.05, 0.1) is 23.6 Å². The molecular formula is C27H33BrN2O8. The highest BCUT2D eigenvalue weighted by Crippen LogP contribution is 2.56. The summed E-state index contributed by atoms with van der Waals surface area (Å²) in [6.45, 7) is 3.43. The first-order valence-electron chi connectivity index (χ1n) is 12.5. The Morgan fingerprint density at radius 2 is 1.87 bits per heavy atom. The number of likely N-dealkylation sites (N-methyl/N-ethyl adjacent to an activating group) is 1. The lowest BCUT2D eigenvalue weighted by Crippen LogP contribution is -2.70. The summed E-state index contributed by atoms with van der Waals surface area (Å²) in [7, 11) is 3.02. The van der Waals surface area contributed by atoms with E-state index in [9.17, 15) is 39.9 Å². The van der Waals surface area contributed by atoms with Gasteiger partial charge in [-0.25, -0.2) is 0 Å². The number of nitrogens with one attached hydrogen (secondary N) is 1. The zero-order valence-electron chi connectivity index (χ0n) is 21.6. The fourth-order valence-corrected chi connectivity index (χ4v) is 6.63. The molecule has 0 spiro atoms. The van der Waals surface area contributed by atoms with Gasteiger partial charge in [-0.05, 0) is 51.4 Å². The zero-order chi connectivity index (χ0) is 28.3. The minimum absolute atomic E-state index is 0.00746. The summed E-state index contributed by atoms with van der Waals surface area (Å²) in [4.78, 5) is 42.3. The predicted octanol–water partition coefficient (Wildman–Crippen LogP) is 1.69. The molecule has 0 heterocycles. The van der Waals surface area contributed by atoms with Crippen LogP contribution in [0.3, 0.4) is 0 Å². The molecular weight excluding hydrogens is 560 g/mol. The summed E-state index contributed by atoms with van der Waals surface area (Å²) in [5.41, 5.74) is -3.54. The Morgan fingerprint density at radius 3 is 2.47 bits per heavy atom. The van der Waals surface area contributed by atoms with Crippen molar-refractivity contribution in [2.75, 3.05) is 19.4 Å². The number of hydrogen-bond donors (Lipinski definition) is 6. The highest BCUT2D eigenvalue weighted by atomic mass is 79.9. The molecule has 0 aliphatic heterocycles. The third kappa shape index (κ3) is 3.98. The first-order valence-corrected chi connectivity index (χ1v) is 13.6. The van der Waals surface area contributed by atoms with Crippen LogP contribution in [0.4, 0.5) is 0 Å². The molecule has 3 aliphatic rings. The largest absolute Gasteiger partial charge is 0.508 e. The number of Topliss-reactive ketones (excluding diaryl/α,β-unsaturated/α-hetero) is 2. The molecule has 206 valence electrons. The van der Waals surface area contributed by atoms with E-state index in [-0.39, 0.29) is 22.9 Å². The van der Waals surface area contributed by atoms with Crippen molar-refractivity contribution in [3.05, 3.63) is 46.2 Å². The Morgan fingerprint density at radius 1 is 1.21 bits per heavy atom. The van der Waals surface area contributed by atoms with Crippen molar-refractivity contribution >= 4 is 39.2 Å². The van der Waals surface area contributed by atoms with Crippen LogP contribution in [0.15, 0.2) is 35.1 Å². The van der Waals surface area contributed by atoms with Crippen LogP contribution in [0.1, 0.15) is 43.7 Å². The first-order chi connectivity index (χ1) is 17.8. The van der Waals surface area contributed by atoms with Crippen molar-refractivity contribution in [2.24, 2.45) is 11.8 Å². The van der Waals surface area contributed by atoms with Crippen molar-refractivity contribution in [3.63, 3.8) is 0 Å². The van der Waals surface area contributed by atoms with Gasteiger partial charge in [0, 0.05) is 22.9 Å². The number of carbonyl (C=O) groups excluding carboxylic acids is 3. The molecule has 10 nitrogen and oxygen atoms in total. The molecule has 0 bridgehead atoms. The minimum Gasteiger partial charge on any atom is -0.508 e. The molecule has 1 aromatic rings. The van der Waals surface area contributed by atoms with Gasteiger partial charge in [0.2, 0.25) is 5.78 Å². The van der Waals surface area contributed by atoms with Crippen molar-refractivity contribution in [2.45, 2.75) is 56.4 Å². The van der Waals surface area contributed by atoms with Crippen LogP contribution in [0.25, 0.3) is 5.76 Å². The Balaban J connectivity index is 1.92. The molecule has 7 unspecified atom stereocenters. The topological polar surface area (TPSA) is 168 Å².